The number of anilines is 2. The van der Waals surface area contributed by atoms with E-state index in [-0.39, 0.29) is 16.2 Å². The van der Waals surface area contributed by atoms with E-state index in [9.17, 15) is 9.59 Å². The lowest BCUT2D eigenvalue weighted by molar-refractivity contribution is -0.109. The van der Waals surface area contributed by atoms with Gasteiger partial charge in [-0.15, -0.1) is 0 Å². The zero-order valence-electron chi connectivity index (χ0n) is 32.1. The Labute approximate surface area is 382 Å². The second-order valence-electron chi connectivity index (χ2n) is 13.6. The second kappa shape index (κ2) is 21.8. The number of nitrogens with zero attached hydrogens (tertiary/aromatic N) is 12. The Morgan fingerprint density at radius 3 is 1.58 bits per heavy atom. The van der Waals surface area contributed by atoms with Crippen LogP contribution in [0.5, 0.6) is 0 Å². The van der Waals surface area contributed by atoms with Crippen molar-refractivity contribution in [3.05, 3.63) is 69.4 Å². The lowest BCUT2D eigenvalue weighted by Gasteiger charge is -2.33. The van der Waals surface area contributed by atoms with Crippen molar-refractivity contribution in [1.29, 1.82) is 0 Å². The van der Waals surface area contributed by atoms with E-state index in [1.165, 1.54) is 38.9 Å². The topological polar surface area (TPSA) is 153 Å². The van der Waals surface area contributed by atoms with Crippen molar-refractivity contribution in [2.75, 3.05) is 36.0 Å². The first kappa shape index (κ1) is 47.2. The van der Waals surface area contributed by atoms with Crippen LogP contribution >= 0.6 is 88.2 Å². The third-order valence-corrected chi connectivity index (χ3v) is 10.5. The van der Waals surface area contributed by atoms with Crippen molar-refractivity contribution < 1.29 is 9.59 Å². The molecule has 59 heavy (non-hydrogen) atoms. The van der Waals surface area contributed by atoms with Crippen molar-refractivity contribution >= 4 is 133 Å². The molecule has 14 nitrogen and oxygen atoms in total. The van der Waals surface area contributed by atoms with Crippen LogP contribution in [0.2, 0.25) is 20.4 Å². The van der Waals surface area contributed by atoms with Crippen LogP contribution in [-0.2, 0) is 4.79 Å². The summed E-state index contributed by atoms with van der Waals surface area (Å²) >= 11 is 28.7. The van der Waals surface area contributed by atoms with Gasteiger partial charge in [-0.25, -0.2) is 60.1 Å². The summed E-state index contributed by atoms with van der Waals surface area (Å²) in [5.41, 5.74) is 3.97. The van der Waals surface area contributed by atoms with E-state index in [1.54, 1.807) is 16.9 Å². The minimum Gasteiger partial charge on any atom is -0.356 e. The number of aromatic nitrogens is 10. The monoisotopic (exact) mass is 976 g/mol. The number of piperidine rings is 2. The highest BCUT2D eigenvalue weighted by molar-refractivity contribution is 7.54. The van der Waals surface area contributed by atoms with Crippen molar-refractivity contribution in [2.45, 2.75) is 53.4 Å². The van der Waals surface area contributed by atoms with Crippen LogP contribution < -0.4 is 9.80 Å². The SMILES string of the molecule is CC(=O)Cl.CC(=O)c1cnn2c(N3CCC(C)CC3)c(-c3ncncc3Cl)c(Cl)nc12.CC1CCN(c2c(-c3ncncc3Cl)c(Cl)nc3ccnn23)CC1.[Cl][Al]([Cl])[Cl]. The normalized spacial score (nSPS) is 14.5. The Kier molecular flexibility index (Phi) is 17.5. The summed E-state index contributed by atoms with van der Waals surface area (Å²) in [4.78, 5) is 51.2. The number of hydrogen-bond acceptors (Lipinski definition) is 12. The highest BCUT2D eigenvalue weighted by Gasteiger charge is 2.29. The van der Waals surface area contributed by atoms with Gasteiger partial charge in [-0.05, 0) is 56.0 Å². The van der Waals surface area contributed by atoms with Gasteiger partial charge in [0.2, 0.25) is 5.24 Å². The van der Waals surface area contributed by atoms with E-state index < -0.39 is 11.4 Å². The van der Waals surface area contributed by atoms with E-state index in [0.717, 1.165) is 69.4 Å². The summed E-state index contributed by atoms with van der Waals surface area (Å²) in [7, 11) is 14.8. The Morgan fingerprint density at radius 2 is 1.14 bits per heavy atom. The summed E-state index contributed by atoms with van der Waals surface area (Å²) in [6.07, 6.45) is 13.6. The summed E-state index contributed by atoms with van der Waals surface area (Å²) < 4.78 is 3.49. The van der Waals surface area contributed by atoms with Gasteiger partial charge in [0.05, 0.1) is 50.5 Å². The maximum absolute atomic E-state index is 12.0. The molecule has 23 heteroatoms. The van der Waals surface area contributed by atoms with E-state index in [1.807, 2.05) is 10.6 Å². The van der Waals surface area contributed by atoms with E-state index in [0.29, 0.717) is 60.5 Å². The predicted octanol–water partition coefficient (Wildman–Crippen LogP) is 10.1. The molecular formula is C36H37AlCl8N12O2. The largest absolute Gasteiger partial charge is 0.643 e. The lowest BCUT2D eigenvalue weighted by Crippen LogP contribution is -2.35. The first-order valence-electron chi connectivity index (χ1n) is 18.2. The molecule has 2 saturated heterocycles. The molecule has 8 rings (SSSR count). The molecule has 8 heterocycles. The molecular weight excluding hydrogens is 943 g/mol. The van der Waals surface area contributed by atoms with E-state index in [4.69, 9.17) is 76.6 Å². The number of carbonyl (C=O) groups is 2. The van der Waals surface area contributed by atoms with Crippen LogP contribution in [0.3, 0.4) is 0 Å². The standard InChI is InChI=1S/C18H18Cl2N6O.C16H16Cl2N6.C2H3ClO.Al.3ClH/c1-10-3-5-25(6-4-10)18-14(15-13(19)8-21-9-22-15)16(20)24-17-12(11(2)27)7-23-26(17)18;1-10-3-6-23(7-4-10)16-13(14-11(17)8-19-9-20-14)15(18)22-12-2-5-21-24(12)16;1-2(3)4;;;;/h7-10H,3-6H2,1-2H3;2,5,8-10H,3-4,6-7H2,1H3;1H3;;3*1H/q;;;+3;;;/p-3. The van der Waals surface area contributed by atoms with Crippen molar-refractivity contribution in [3.63, 3.8) is 0 Å². The van der Waals surface area contributed by atoms with Gasteiger partial charge in [0, 0.05) is 51.6 Å². The van der Waals surface area contributed by atoms with E-state index in [2.05, 4.69) is 75.3 Å². The summed E-state index contributed by atoms with van der Waals surface area (Å²) in [5, 5.41) is 9.95. The van der Waals surface area contributed by atoms with Gasteiger partial charge in [-0.3, -0.25) is 9.59 Å². The van der Waals surface area contributed by atoms with Gasteiger partial charge in [-0.2, -0.15) is 19.2 Å². The lowest BCUT2D eigenvalue weighted by atomic mass is 9.99. The third-order valence-electron chi connectivity index (χ3n) is 9.40. The quantitative estimate of drug-likeness (QED) is 0.0700. The maximum Gasteiger partial charge on any atom is 0.643 e. The van der Waals surface area contributed by atoms with Crippen LogP contribution in [0.25, 0.3) is 33.8 Å². The van der Waals surface area contributed by atoms with E-state index >= 15 is 0 Å². The molecule has 0 saturated carbocycles. The molecule has 0 aliphatic carbocycles. The van der Waals surface area contributed by atoms with Gasteiger partial charge >= 0.3 is 11.4 Å². The Bertz CT molecular complexity index is 2400. The van der Waals surface area contributed by atoms with Crippen LogP contribution in [0.15, 0.2) is 43.5 Å². The molecule has 0 radical (unpaired) electrons. The number of rotatable bonds is 5. The molecule has 2 fully saturated rings. The van der Waals surface area contributed by atoms with Gasteiger partial charge < -0.3 is 9.80 Å². The highest BCUT2D eigenvalue weighted by Crippen LogP contribution is 2.41. The molecule has 0 spiro atoms. The molecule has 6 aromatic rings. The molecule has 0 bridgehead atoms. The van der Waals surface area contributed by atoms with Gasteiger partial charge in [0.1, 0.15) is 34.6 Å². The summed E-state index contributed by atoms with van der Waals surface area (Å²) in [5.74, 6) is 2.91. The Balaban J connectivity index is 0.000000191. The van der Waals surface area contributed by atoms with Gasteiger partial charge in [-0.1, -0.05) is 60.3 Å². The molecule has 0 aromatic carbocycles. The zero-order chi connectivity index (χ0) is 43.0. The minimum absolute atomic E-state index is 0.111. The molecule has 0 N–H and O–H groups in total. The van der Waals surface area contributed by atoms with Gasteiger partial charge in [0.15, 0.2) is 17.1 Å². The predicted molar refractivity (Wildman–Crippen MR) is 239 cm³/mol. The number of ketones is 1. The fraction of sp³-hybridized carbons (Fsp3) is 0.389. The van der Waals surface area contributed by atoms with Crippen LogP contribution in [-0.4, -0.2) is 97.7 Å². The van der Waals surface area contributed by atoms with Crippen molar-refractivity contribution in [3.8, 4) is 22.5 Å². The van der Waals surface area contributed by atoms with Crippen LogP contribution in [0, 0.1) is 11.8 Å². The van der Waals surface area contributed by atoms with Crippen molar-refractivity contribution in [1.82, 2.24) is 49.1 Å². The number of Topliss-reactive ketones (excluding diaryl/α,β-unsaturated/α-hetero) is 1. The third kappa shape index (κ3) is 12.0. The molecule has 0 unspecified atom stereocenters. The highest BCUT2D eigenvalue weighted by atomic mass is 35.8. The molecule has 312 valence electrons. The van der Waals surface area contributed by atoms with Crippen LogP contribution in [0.1, 0.15) is 63.7 Å². The Morgan fingerprint density at radius 1 is 0.695 bits per heavy atom. The maximum atomic E-state index is 12.0. The minimum atomic E-state index is -1.72. The van der Waals surface area contributed by atoms with Crippen molar-refractivity contribution in [2.24, 2.45) is 11.8 Å². The molecule has 0 amide bonds. The number of halogens is 8. The second-order valence-corrected chi connectivity index (χ2v) is 22.1. The number of hydrogen-bond donors (Lipinski definition) is 0. The average molecular weight is 980 g/mol. The Hall–Kier alpha value is -2.81. The summed E-state index contributed by atoms with van der Waals surface area (Å²) in [6.45, 7) is 10.9. The number of fused-ring (bicyclic) bond motifs is 2. The fourth-order valence-corrected chi connectivity index (χ4v) is 7.44. The smallest absolute Gasteiger partial charge is 0.356 e. The fourth-order valence-electron chi connectivity index (χ4n) is 6.52. The molecule has 0 atom stereocenters. The molecule has 6 aromatic heterocycles. The molecule has 2 aliphatic heterocycles. The molecule has 2 aliphatic rings. The average Bonchev–Trinajstić information content (AvgIpc) is 3.82. The first-order chi connectivity index (χ1) is 28.1. The van der Waals surface area contributed by atoms with Crippen LogP contribution in [0.4, 0.5) is 11.6 Å². The number of carbonyl (C=O) groups excluding carboxylic acids is 2. The summed E-state index contributed by atoms with van der Waals surface area (Å²) in [6, 6.07) is 1.84. The zero-order valence-corrected chi connectivity index (χ0v) is 39.3. The first-order valence-corrected chi connectivity index (χ1v) is 25.3. The van der Waals surface area contributed by atoms with Gasteiger partial charge in [0.25, 0.3) is 0 Å².